The zero-order valence-electron chi connectivity index (χ0n) is 21.8. The van der Waals surface area contributed by atoms with Gasteiger partial charge < -0.3 is 15.0 Å². The lowest BCUT2D eigenvalue weighted by atomic mass is 10.1. The van der Waals surface area contributed by atoms with E-state index in [9.17, 15) is 14.0 Å². The number of nitrogens with one attached hydrogen (secondary N) is 1. The van der Waals surface area contributed by atoms with Gasteiger partial charge in [0.15, 0.2) is 0 Å². The van der Waals surface area contributed by atoms with Gasteiger partial charge in [0.2, 0.25) is 6.10 Å². The maximum absolute atomic E-state index is 13.7. The maximum Gasteiger partial charge on any atom is 0.306 e. The van der Waals surface area contributed by atoms with E-state index in [0.29, 0.717) is 29.3 Å². The first-order valence-electron chi connectivity index (χ1n) is 12.9. The second-order valence-corrected chi connectivity index (χ2v) is 9.39. The fourth-order valence-corrected chi connectivity index (χ4v) is 4.39. The van der Waals surface area contributed by atoms with Crippen molar-refractivity contribution in [2.45, 2.75) is 39.3 Å². The number of imidazole rings is 1. The standard InChI is InChI=1S/C31H29FN4O3/c1-3-7-27(37)39-29(23-8-5-4-6-9-23)31(38)35-18-19-36-26(20-35)34-28(22-12-14-24(32)15-13-22)30(36)33-25-16-10-21(2)11-17-25/h4-6,8-19,29,33H,3,7,20H2,1-2H3. The molecule has 1 unspecified atom stereocenters. The van der Waals surface area contributed by atoms with Crippen LogP contribution >= 0.6 is 0 Å². The minimum atomic E-state index is -1.07. The van der Waals surface area contributed by atoms with Gasteiger partial charge >= 0.3 is 5.97 Å². The maximum atomic E-state index is 13.7. The molecule has 7 nitrogen and oxygen atoms in total. The summed E-state index contributed by atoms with van der Waals surface area (Å²) in [5.74, 6) is 0.166. The number of hydrogen-bond acceptors (Lipinski definition) is 5. The Kier molecular flexibility index (Phi) is 7.54. The van der Waals surface area contributed by atoms with Crippen molar-refractivity contribution in [1.29, 1.82) is 0 Å². The molecular formula is C31H29FN4O3. The van der Waals surface area contributed by atoms with Crippen molar-refractivity contribution in [3.63, 3.8) is 0 Å². The molecule has 1 aliphatic rings. The highest BCUT2D eigenvalue weighted by Gasteiger charge is 2.32. The van der Waals surface area contributed by atoms with Crippen LogP contribution in [0.5, 0.6) is 0 Å². The summed E-state index contributed by atoms with van der Waals surface area (Å²) in [4.78, 5) is 32.4. The number of carbonyl (C=O) groups excluding carboxylic acids is 2. The van der Waals surface area contributed by atoms with Gasteiger partial charge in [0, 0.05) is 35.6 Å². The number of ether oxygens (including phenoxy) is 1. The van der Waals surface area contributed by atoms with Gasteiger partial charge in [-0.2, -0.15) is 0 Å². The van der Waals surface area contributed by atoms with Crippen molar-refractivity contribution in [3.8, 4) is 11.3 Å². The lowest BCUT2D eigenvalue weighted by molar-refractivity contribution is -0.160. The van der Waals surface area contributed by atoms with E-state index in [1.807, 2.05) is 48.7 Å². The molecule has 0 spiro atoms. The first-order chi connectivity index (χ1) is 18.9. The number of fused-ring (bicyclic) bond motifs is 1. The minimum absolute atomic E-state index is 0.160. The topological polar surface area (TPSA) is 76.5 Å². The SMILES string of the molecule is CCCC(=O)OC(C(=O)N1C=Cn2c(nc(-c3ccc(F)cc3)c2Nc2ccc(C)cc2)C1)c1ccccc1. The quantitative estimate of drug-likeness (QED) is 0.263. The molecule has 2 heterocycles. The predicted molar refractivity (Wildman–Crippen MR) is 148 cm³/mol. The molecule has 0 saturated carbocycles. The molecule has 1 aliphatic heterocycles. The van der Waals surface area contributed by atoms with Gasteiger partial charge in [-0.05, 0) is 49.7 Å². The van der Waals surface area contributed by atoms with Crippen LogP contribution in [0.25, 0.3) is 17.5 Å². The van der Waals surface area contributed by atoms with E-state index in [1.165, 1.54) is 17.0 Å². The van der Waals surface area contributed by atoms with Crippen molar-refractivity contribution < 1.29 is 18.7 Å². The van der Waals surface area contributed by atoms with E-state index in [4.69, 9.17) is 9.72 Å². The Bertz CT molecular complexity index is 1500. The highest BCUT2D eigenvalue weighted by atomic mass is 19.1. The number of aryl methyl sites for hydroxylation is 1. The van der Waals surface area contributed by atoms with Crippen LogP contribution in [0.4, 0.5) is 15.9 Å². The van der Waals surface area contributed by atoms with Gasteiger partial charge in [-0.15, -0.1) is 0 Å². The van der Waals surface area contributed by atoms with Crippen LogP contribution in [-0.2, 0) is 20.9 Å². The molecule has 0 bridgehead atoms. The van der Waals surface area contributed by atoms with Gasteiger partial charge in [-0.1, -0.05) is 55.0 Å². The number of carbonyl (C=O) groups is 2. The van der Waals surface area contributed by atoms with Gasteiger partial charge in [0.25, 0.3) is 5.91 Å². The van der Waals surface area contributed by atoms with Gasteiger partial charge in [-0.3, -0.25) is 14.2 Å². The van der Waals surface area contributed by atoms with Crippen LogP contribution in [0.3, 0.4) is 0 Å². The third-order valence-electron chi connectivity index (χ3n) is 6.44. The highest BCUT2D eigenvalue weighted by molar-refractivity contribution is 5.87. The van der Waals surface area contributed by atoms with Gasteiger partial charge in [-0.25, -0.2) is 9.37 Å². The number of anilines is 2. The van der Waals surface area contributed by atoms with Crippen LogP contribution < -0.4 is 5.32 Å². The van der Waals surface area contributed by atoms with Crippen LogP contribution in [-0.4, -0.2) is 26.3 Å². The fraction of sp³-hybridized carbons (Fsp3) is 0.194. The number of nitrogens with zero attached hydrogens (tertiary/aromatic N) is 3. The van der Waals surface area contributed by atoms with E-state index in [1.54, 1.807) is 48.8 Å². The summed E-state index contributed by atoms with van der Waals surface area (Å²) in [6.07, 6.45) is 3.20. The number of halogens is 1. The molecular weight excluding hydrogens is 495 g/mol. The van der Waals surface area contributed by atoms with Crippen LogP contribution in [0.15, 0.2) is 85.1 Å². The number of hydrogen-bond donors (Lipinski definition) is 1. The largest absolute Gasteiger partial charge is 0.447 e. The van der Waals surface area contributed by atoms with Crippen LogP contribution in [0.2, 0.25) is 0 Å². The van der Waals surface area contributed by atoms with Crippen molar-refractivity contribution in [1.82, 2.24) is 14.5 Å². The van der Waals surface area contributed by atoms with Crippen LogP contribution in [0, 0.1) is 12.7 Å². The molecule has 0 fully saturated rings. The first kappa shape index (κ1) is 25.9. The summed E-state index contributed by atoms with van der Waals surface area (Å²) in [5.41, 5.74) is 3.96. The third-order valence-corrected chi connectivity index (χ3v) is 6.44. The first-order valence-corrected chi connectivity index (χ1v) is 12.9. The molecule has 39 heavy (non-hydrogen) atoms. The molecule has 8 heteroatoms. The second kappa shape index (κ2) is 11.3. The second-order valence-electron chi connectivity index (χ2n) is 9.39. The molecule has 1 N–H and O–H groups in total. The Morgan fingerprint density at radius 3 is 2.41 bits per heavy atom. The molecule has 1 amide bonds. The average molecular weight is 525 g/mol. The molecule has 0 aliphatic carbocycles. The Morgan fingerprint density at radius 1 is 1.00 bits per heavy atom. The molecule has 1 atom stereocenters. The van der Waals surface area contributed by atoms with E-state index in [-0.39, 0.29) is 24.7 Å². The molecule has 0 saturated heterocycles. The summed E-state index contributed by atoms with van der Waals surface area (Å²) in [6.45, 7) is 4.06. The van der Waals surface area contributed by atoms with Crippen molar-refractivity contribution in [3.05, 3.63) is 108 Å². The molecule has 5 rings (SSSR count). The fourth-order valence-electron chi connectivity index (χ4n) is 4.39. The summed E-state index contributed by atoms with van der Waals surface area (Å²) >= 11 is 0. The Balaban J connectivity index is 1.48. The molecule has 198 valence electrons. The highest BCUT2D eigenvalue weighted by Crippen LogP contribution is 2.34. The number of rotatable bonds is 8. The van der Waals surface area contributed by atoms with Crippen molar-refractivity contribution in [2.75, 3.05) is 5.32 Å². The zero-order valence-corrected chi connectivity index (χ0v) is 21.8. The average Bonchev–Trinajstić information content (AvgIpc) is 3.31. The third kappa shape index (κ3) is 5.75. The lowest BCUT2D eigenvalue weighted by Gasteiger charge is -2.27. The van der Waals surface area contributed by atoms with E-state index in [0.717, 1.165) is 16.8 Å². The van der Waals surface area contributed by atoms with Gasteiger partial charge in [0.1, 0.15) is 23.2 Å². The molecule has 1 aromatic heterocycles. The molecule has 4 aromatic rings. The van der Waals surface area contributed by atoms with Crippen molar-refractivity contribution in [2.24, 2.45) is 0 Å². The predicted octanol–water partition coefficient (Wildman–Crippen LogP) is 6.60. The Labute approximate surface area is 226 Å². The number of esters is 1. The Morgan fingerprint density at radius 2 is 1.72 bits per heavy atom. The smallest absolute Gasteiger partial charge is 0.306 e. The number of amides is 1. The van der Waals surface area contributed by atoms with Gasteiger partial charge in [0.05, 0.1) is 6.54 Å². The van der Waals surface area contributed by atoms with E-state index >= 15 is 0 Å². The molecule has 0 radical (unpaired) electrons. The summed E-state index contributed by atoms with van der Waals surface area (Å²) in [7, 11) is 0. The monoisotopic (exact) mass is 524 g/mol. The zero-order chi connectivity index (χ0) is 27.4. The minimum Gasteiger partial charge on any atom is -0.447 e. The summed E-state index contributed by atoms with van der Waals surface area (Å²) in [6, 6.07) is 23.1. The normalized spacial score (nSPS) is 13.1. The number of aromatic nitrogens is 2. The van der Waals surface area contributed by atoms with Crippen LogP contribution in [0.1, 0.15) is 42.8 Å². The van der Waals surface area contributed by atoms with E-state index in [2.05, 4.69) is 5.32 Å². The summed E-state index contributed by atoms with van der Waals surface area (Å²) in [5, 5.41) is 3.44. The van der Waals surface area contributed by atoms with Crippen molar-refractivity contribution >= 4 is 29.6 Å². The number of benzene rings is 3. The van der Waals surface area contributed by atoms with E-state index < -0.39 is 12.1 Å². The Hall–Kier alpha value is -4.72. The lowest BCUT2D eigenvalue weighted by Crippen LogP contribution is -2.35. The summed E-state index contributed by atoms with van der Waals surface area (Å²) < 4.78 is 21.2. The molecule has 3 aromatic carbocycles.